The SMILES string of the molecule is Cc1cc(C(C)O)c2nc(C3CCN(C(=O)OC(C)(C)C)C3)n(C)c(=O)c2c1. The molecule has 1 aliphatic rings. The maximum Gasteiger partial charge on any atom is 0.410 e. The van der Waals surface area contributed by atoms with Crippen molar-refractivity contribution >= 4 is 17.0 Å². The quantitative estimate of drug-likeness (QED) is 0.856. The molecular formula is C21H29N3O4. The largest absolute Gasteiger partial charge is 0.444 e. The molecule has 7 heteroatoms. The second-order valence-electron chi connectivity index (χ2n) is 8.67. The summed E-state index contributed by atoms with van der Waals surface area (Å²) in [6, 6.07) is 3.67. The number of aromatic nitrogens is 2. The number of likely N-dealkylation sites (tertiary alicyclic amines) is 1. The monoisotopic (exact) mass is 387 g/mol. The Bertz CT molecular complexity index is 972. The van der Waals surface area contributed by atoms with Gasteiger partial charge in [-0.3, -0.25) is 9.36 Å². The van der Waals surface area contributed by atoms with Crippen molar-refractivity contribution in [1.29, 1.82) is 0 Å². The van der Waals surface area contributed by atoms with E-state index >= 15 is 0 Å². The van der Waals surface area contributed by atoms with Gasteiger partial charge in [-0.1, -0.05) is 6.07 Å². The Balaban J connectivity index is 1.99. The van der Waals surface area contributed by atoms with Crippen LogP contribution in [0.5, 0.6) is 0 Å². The van der Waals surface area contributed by atoms with Crippen LogP contribution in [0.25, 0.3) is 10.9 Å². The Labute approximate surface area is 164 Å². The molecule has 2 aromatic rings. The highest BCUT2D eigenvalue weighted by molar-refractivity contribution is 5.82. The minimum atomic E-state index is -0.725. The van der Waals surface area contributed by atoms with Crippen LogP contribution < -0.4 is 5.56 Å². The predicted octanol–water partition coefficient (Wildman–Crippen LogP) is 3.02. The summed E-state index contributed by atoms with van der Waals surface area (Å²) in [5.41, 5.74) is 1.41. The predicted molar refractivity (Wildman–Crippen MR) is 108 cm³/mol. The summed E-state index contributed by atoms with van der Waals surface area (Å²) in [7, 11) is 1.71. The Hall–Kier alpha value is -2.41. The van der Waals surface area contributed by atoms with Gasteiger partial charge < -0.3 is 14.7 Å². The molecule has 152 valence electrons. The van der Waals surface area contributed by atoms with Gasteiger partial charge in [0.15, 0.2) is 0 Å². The average molecular weight is 387 g/mol. The number of ether oxygens (including phenoxy) is 1. The Kier molecular flexibility index (Phi) is 5.23. The summed E-state index contributed by atoms with van der Waals surface area (Å²) in [5.74, 6) is 0.576. The second-order valence-corrected chi connectivity index (χ2v) is 8.67. The molecule has 2 unspecified atom stereocenters. The number of aliphatic hydroxyl groups is 1. The number of fused-ring (bicyclic) bond motifs is 1. The van der Waals surface area contributed by atoms with Gasteiger partial charge in [-0.2, -0.15) is 0 Å². The first kappa shape index (κ1) is 20.3. The van der Waals surface area contributed by atoms with E-state index in [1.165, 1.54) is 0 Å². The molecule has 2 atom stereocenters. The van der Waals surface area contributed by atoms with Crippen molar-refractivity contribution in [2.75, 3.05) is 13.1 Å². The summed E-state index contributed by atoms with van der Waals surface area (Å²) in [5, 5.41) is 10.7. The fourth-order valence-electron chi connectivity index (χ4n) is 3.72. The third-order valence-corrected chi connectivity index (χ3v) is 5.04. The standard InChI is InChI=1S/C21H29N3O4/c1-12-9-15(13(2)25)17-16(10-12)19(26)23(6)18(22-17)14-7-8-24(11-14)20(27)28-21(3,4)5/h9-10,13-14,25H,7-8,11H2,1-6H3. The van der Waals surface area contributed by atoms with E-state index in [2.05, 4.69) is 0 Å². The first-order chi connectivity index (χ1) is 13.0. The van der Waals surface area contributed by atoms with Crippen molar-refractivity contribution in [3.05, 3.63) is 39.4 Å². The van der Waals surface area contributed by atoms with Gasteiger partial charge in [-0.25, -0.2) is 9.78 Å². The highest BCUT2D eigenvalue weighted by Crippen LogP contribution is 2.29. The first-order valence-corrected chi connectivity index (χ1v) is 9.65. The fraction of sp³-hybridized carbons (Fsp3) is 0.571. The Morgan fingerprint density at radius 2 is 2.04 bits per heavy atom. The van der Waals surface area contributed by atoms with Gasteiger partial charge in [0, 0.05) is 31.6 Å². The Morgan fingerprint density at radius 1 is 1.36 bits per heavy atom. The number of nitrogens with zero attached hydrogens (tertiary/aromatic N) is 3. The number of benzene rings is 1. The molecule has 7 nitrogen and oxygen atoms in total. The molecule has 0 radical (unpaired) electrons. The molecule has 3 rings (SSSR count). The lowest BCUT2D eigenvalue weighted by Gasteiger charge is -2.24. The van der Waals surface area contributed by atoms with Crippen molar-refractivity contribution in [3.8, 4) is 0 Å². The van der Waals surface area contributed by atoms with E-state index in [4.69, 9.17) is 9.72 Å². The smallest absolute Gasteiger partial charge is 0.410 e. The van der Waals surface area contributed by atoms with Gasteiger partial charge in [-0.05, 0) is 52.7 Å². The molecule has 0 bridgehead atoms. The van der Waals surface area contributed by atoms with Crippen molar-refractivity contribution in [3.63, 3.8) is 0 Å². The van der Waals surface area contributed by atoms with E-state index in [0.717, 1.165) is 5.56 Å². The van der Waals surface area contributed by atoms with Gasteiger partial charge in [0.1, 0.15) is 11.4 Å². The molecule has 1 fully saturated rings. The number of amides is 1. The number of hydrogen-bond donors (Lipinski definition) is 1. The molecule has 0 aliphatic carbocycles. The third kappa shape index (κ3) is 3.90. The van der Waals surface area contributed by atoms with Crippen LogP contribution in [0.15, 0.2) is 16.9 Å². The van der Waals surface area contributed by atoms with Crippen LogP contribution >= 0.6 is 0 Å². The van der Waals surface area contributed by atoms with Gasteiger partial charge in [0.2, 0.25) is 0 Å². The highest BCUT2D eigenvalue weighted by atomic mass is 16.6. The van der Waals surface area contributed by atoms with Crippen molar-refractivity contribution in [2.24, 2.45) is 7.05 Å². The van der Waals surface area contributed by atoms with E-state index < -0.39 is 11.7 Å². The van der Waals surface area contributed by atoms with Crippen LogP contribution in [0.1, 0.15) is 63.1 Å². The summed E-state index contributed by atoms with van der Waals surface area (Å²) < 4.78 is 7.03. The summed E-state index contributed by atoms with van der Waals surface area (Å²) in [6.07, 6.45) is -0.362. The lowest BCUT2D eigenvalue weighted by atomic mass is 10.0. The van der Waals surface area contributed by atoms with Crippen molar-refractivity contribution in [2.45, 2.75) is 58.7 Å². The molecule has 1 saturated heterocycles. The molecule has 1 aromatic heterocycles. The van der Waals surface area contributed by atoms with E-state index in [1.807, 2.05) is 39.8 Å². The average Bonchev–Trinajstić information content (AvgIpc) is 3.06. The van der Waals surface area contributed by atoms with Crippen LogP contribution in [0.4, 0.5) is 4.79 Å². The van der Waals surface area contributed by atoms with Crippen LogP contribution in [-0.4, -0.2) is 44.3 Å². The summed E-state index contributed by atoms with van der Waals surface area (Å²) in [6.45, 7) is 10.1. The molecule has 1 aromatic carbocycles. The summed E-state index contributed by atoms with van der Waals surface area (Å²) in [4.78, 5) is 31.8. The molecule has 2 heterocycles. The fourth-order valence-corrected chi connectivity index (χ4v) is 3.72. The van der Waals surface area contributed by atoms with Crippen LogP contribution in [0.2, 0.25) is 0 Å². The third-order valence-electron chi connectivity index (χ3n) is 5.04. The maximum atomic E-state index is 13.0. The lowest BCUT2D eigenvalue weighted by Crippen LogP contribution is -2.35. The van der Waals surface area contributed by atoms with Crippen LogP contribution in [-0.2, 0) is 11.8 Å². The maximum absolute atomic E-state index is 13.0. The zero-order valence-corrected chi connectivity index (χ0v) is 17.4. The van der Waals surface area contributed by atoms with E-state index in [-0.39, 0.29) is 17.6 Å². The summed E-state index contributed by atoms with van der Waals surface area (Å²) >= 11 is 0. The zero-order chi connectivity index (χ0) is 20.8. The number of carbonyl (C=O) groups is 1. The number of aryl methyl sites for hydroxylation is 1. The topological polar surface area (TPSA) is 84.7 Å². The number of aliphatic hydroxyl groups excluding tert-OH is 1. The van der Waals surface area contributed by atoms with Crippen molar-refractivity contribution in [1.82, 2.24) is 14.5 Å². The molecule has 28 heavy (non-hydrogen) atoms. The second kappa shape index (κ2) is 7.20. The van der Waals surface area contributed by atoms with Gasteiger partial charge in [0.05, 0.1) is 17.0 Å². The van der Waals surface area contributed by atoms with Crippen LogP contribution in [0, 0.1) is 6.92 Å². The molecular weight excluding hydrogens is 358 g/mol. The van der Waals surface area contributed by atoms with E-state index in [1.54, 1.807) is 23.4 Å². The van der Waals surface area contributed by atoms with E-state index in [0.29, 0.717) is 41.8 Å². The zero-order valence-electron chi connectivity index (χ0n) is 17.4. The number of hydrogen-bond acceptors (Lipinski definition) is 5. The van der Waals surface area contributed by atoms with Gasteiger partial charge in [-0.15, -0.1) is 0 Å². The lowest BCUT2D eigenvalue weighted by molar-refractivity contribution is 0.0292. The Morgan fingerprint density at radius 3 is 2.64 bits per heavy atom. The molecule has 1 N–H and O–H groups in total. The molecule has 1 aliphatic heterocycles. The minimum Gasteiger partial charge on any atom is -0.444 e. The number of rotatable bonds is 2. The van der Waals surface area contributed by atoms with E-state index in [9.17, 15) is 14.7 Å². The normalized spacial score (nSPS) is 18.5. The minimum absolute atomic E-state index is 0.0576. The van der Waals surface area contributed by atoms with Gasteiger partial charge in [0.25, 0.3) is 5.56 Å². The molecule has 0 spiro atoms. The highest BCUT2D eigenvalue weighted by Gasteiger charge is 2.33. The molecule has 0 saturated carbocycles. The number of carbonyl (C=O) groups excluding carboxylic acids is 1. The van der Waals surface area contributed by atoms with Gasteiger partial charge >= 0.3 is 6.09 Å². The first-order valence-electron chi connectivity index (χ1n) is 9.65. The van der Waals surface area contributed by atoms with Crippen molar-refractivity contribution < 1.29 is 14.6 Å². The van der Waals surface area contributed by atoms with Crippen LogP contribution in [0.3, 0.4) is 0 Å². The molecule has 1 amide bonds.